The average Bonchev–Trinajstić information content (AvgIpc) is 2.52. The van der Waals surface area contributed by atoms with Crippen molar-refractivity contribution in [3.8, 4) is 5.75 Å². The van der Waals surface area contributed by atoms with E-state index in [-0.39, 0.29) is 12.4 Å². The van der Waals surface area contributed by atoms with Gasteiger partial charge in [-0.2, -0.15) is 0 Å². The predicted octanol–water partition coefficient (Wildman–Crippen LogP) is 2.80. The van der Waals surface area contributed by atoms with E-state index in [9.17, 15) is 9.90 Å². The summed E-state index contributed by atoms with van der Waals surface area (Å²) in [7, 11) is 0. The van der Waals surface area contributed by atoms with E-state index in [1.54, 1.807) is 24.3 Å². The van der Waals surface area contributed by atoms with Gasteiger partial charge in [-0.3, -0.25) is 4.79 Å². The van der Waals surface area contributed by atoms with Gasteiger partial charge >= 0.3 is 0 Å². The molecule has 0 aliphatic heterocycles. The molecule has 1 aromatic carbocycles. The minimum absolute atomic E-state index is 0.0392. The minimum atomic E-state index is -0.526. The maximum absolute atomic E-state index is 11.2. The Morgan fingerprint density at radius 1 is 1.32 bits per heavy atom. The normalized spacial score (nSPS) is 23.0. The minimum Gasteiger partial charge on any atom is -0.491 e. The van der Waals surface area contributed by atoms with Crippen LogP contribution in [0.5, 0.6) is 5.75 Å². The molecule has 0 spiro atoms. The lowest BCUT2D eigenvalue weighted by Gasteiger charge is -2.30. The second-order valence-corrected chi connectivity index (χ2v) is 6.32. The molecule has 0 radical (unpaired) electrons. The first-order valence-electron chi connectivity index (χ1n) is 8.21. The number of ether oxygens (including phenoxy) is 1. The fourth-order valence-corrected chi connectivity index (χ4v) is 2.94. The van der Waals surface area contributed by atoms with Crippen molar-refractivity contribution >= 4 is 5.78 Å². The molecule has 2 N–H and O–H groups in total. The van der Waals surface area contributed by atoms with Gasteiger partial charge in [0.1, 0.15) is 18.5 Å². The summed E-state index contributed by atoms with van der Waals surface area (Å²) >= 11 is 0. The lowest BCUT2D eigenvalue weighted by atomic mass is 9.86. The third kappa shape index (κ3) is 5.11. The molecule has 3 atom stereocenters. The van der Waals surface area contributed by atoms with Crippen LogP contribution in [0, 0.1) is 5.92 Å². The number of aliphatic hydroxyl groups excluding tert-OH is 1. The molecule has 0 saturated heterocycles. The number of benzene rings is 1. The Kier molecular flexibility index (Phi) is 6.40. The average molecular weight is 305 g/mol. The summed E-state index contributed by atoms with van der Waals surface area (Å²) in [6, 6.07) is 7.52. The Hall–Kier alpha value is -1.39. The van der Waals surface area contributed by atoms with E-state index in [0.29, 0.717) is 29.8 Å². The quantitative estimate of drug-likeness (QED) is 0.761. The lowest BCUT2D eigenvalue weighted by molar-refractivity contribution is 0.0982. The molecule has 122 valence electrons. The highest BCUT2D eigenvalue weighted by molar-refractivity contribution is 5.94. The molecule has 0 bridgehead atoms. The molecule has 1 aliphatic carbocycles. The fraction of sp³-hybridized carbons (Fsp3) is 0.611. The Bertz CT molecular complexity index is 472. The molecule has 1 fully saturated rings. The van der Waals surface area contributed by atoms with E-state index >= 15 is 0 Å². The molecule has 1 aromatic rings. The van der Waals surface area contributed by atoms with Gasteiger partial charge in [0.15, 0.2) is 5.78 Å². The van der Waals surface area contributed by atoms with Gasteiger partial charge in [-0.05, 0) is 49.9 Å². The summed E-state index contributed by atoms with van der Waals surface area (Å²) in [4.78, 5) is 11.2. The number of ketones is 1. The summed E-state index contributed by atoms with van der Waals surface area (Å²) < 4.78 is 5.57. The zero-order valence-electron chi connectivity index (χ0n) is 13.5. The van der Waals surface area contributed by atoms with Crippen LogP contribution in [0.15, 0.2) is 24.3 Å². The van der Waals surface area contributed by atoms with Crippen LogP contribution in [0.25, 0.3) is 0 Å². The van der Waals surface area contributed by atoms with Gasteiger partial charge < -0.3 is 15.2 Å². The van der Waals surface area contributed by atoms with Crippen LogP contribution in [-0.4, -0.2) is 36.2 Å². The number of aliphatic hydroxyl groups is 1. The number of hydrogen-bond donors (Lipinski definition) is 2. The topological polar surface area (TPSA) is 58.6 Å². The monoisotopic (exact) mass is 305 g/mol. The molecule has 4 nitrogen and oxygen atoms in total. The van der Waals surface area contributed by atoms with Crippen LogP contribution in [0.2, 0.25) is 0 Å². The van der Waals surface area contributed by atoms with Gasteiger partial charge in [-0.15, -0.1) is 0 Å². The van der Waals surface area contributed by atoms with Crippen LogP contribution < -0.4 is 10.1 Å². The van der Waals surface area contributed by atoms with Crippen molar-refractivity contribution in [2.24, 2.45) is 5.92 Å². The summed E-state index contributed by atoms with van der Waals surface area (Å²) in [5.74, 6) is 1.40. The number of carbonyl (C=O) groups excluding carboxylic acids is 1. The first-order valence-corrected chi connectivity index (χ1v) is 8.21. The SMILES string of the molecule is CC(=O)c1ccc(OC[C@H](O)CN[C@@H]2CCCC[C@H]2C)cc1. The van der Waals surface area contributed by atoms with Crippen LogP contribution in [0.3, 0.4) is 0 Å². The van der Waals surface area contributed by atoms with E-state index in [1.165, 1.54) is 32.6 Å². The number of Topliss-reactive ketones (excluding diaryl/α,β-unsaturated/α-hetero) is 1. The summed E-state index contributed by atoms with van der Waals surface area (Å²) in [5.41, 5.74) is 0.667. The van der Waals surface area contributed by atoms with E-state index in [1.807, 2.05) is 0 Å². The standard InChI is InChI=1S/C18H27NO3/c1-13-5-3-4-6-18(13)19-11-16(21)12-22-17-9-7-15(8-10-17)14(2)20/h7-10,13,16,18-19,21H,3-6,11-12H2,1-2H3/t13-,16-,18-/m1/s1. The maximum Gasteiger partial charge on any atom is 0.159 e. The van der Waals surface area contributed by atoms with Crippen molar-refractivity contribution in [3.05, 3.63) is 29.8 Å². The van der Waals surface area contributed by atoms with Crippen molar-refractivity contribution in [3.63, 3.8) is 0 Å². The largest absolute Gasteiger partial charge is 0.491 e. The van der Waals surface area contributed by atoms with E-state index in [0.717, 1.165) is 0 Å². The summed E-state index contributed by atoms with van der Waals surface area (Å²) in [6.07, 6.45) is 4.54. The molecular formula is C18H27NO3. The van der Waals surface area contributed by atoms with Crippen molar-refractivity contribution in [2.75, 3.05) is 13.2 Å². The van der Waals surface area contributed by atoms with E-state index in [4.69, 9.17) is 4.74 Å². The highest BCUT2D eigenvalue weighted by atomic mass is 16.5. The van der Waals surface area contributed by atoms with Crippen LogP contribution in [0.1, 0.15) is 49.9 Å². The molecule has 0 amide bonds. The molecule has 1 saturated carbocycles. The predicted molar refractivity (Wildman–Crippen MR) is 87.4 cm³/mol. The molecule has 0 aromatic heterocycles. The van der Waals surface area contributed by atoms with Gasteiger partial charge in [-0.25, -0.2) is 0 Å². The zero-order chi connectivity index (χ0) is 15.9. The van der Waals surface area contributed by atoms with E-state index < -0.39 is 6.10 Å². The second kappa shape index (κ2) is 8.30. The van der Waals surface area contributed by atoms with Crippen LogP contribution >= 0.6 is 0 Å². The van der Waals surface area contributed by atoms with Gasteiger partial charge in [0.2, 0.25) is 0 Å². The Balaban J connectivity index is 1.70. The molecule has 4 heteroatoms. The highest BCUT2D eigenvalue weighted by Crippen LogP contribution is 2.23. The van der Waals surface area contributed by atoms with Gasteiger partial charge in [0.05, 0.1) is 0 Å². The Morgan fingerprint density at radius 3 is 2.64 bits per heavy atom. The maximum atomic E-state index is 11.2. The molecule has 0 heterocycles. The molecule has 2 rings (SSSR count). The van der Waals surface area contributed by atoms with Crippen molar-refractivity contribution in [2.45, 2.75) is 51.7 Å². The molecule has 0 unspecified atom stereocenters. The van der Waals surface area contributed by atoms with Crippen LogP contribution in [-0.2, 0) is 0 Å². The van der Waals surface area contributed by atoms with E-state index in [2.05, 4.69) is 12.2 Å². The number of nitrogens with one attached hydrogen (secondary N) is 1. The van der Waals surface area contributed by atoms with Gasteiger partial charge in [0.25, 0.3) is 0 Å². The van der Waals surface area contributed by atoms with Crippen molar-refractivity contribution < 1.29 is 14.6 Å². The highest BCUT2D eigenvalue weighted by Gasteiger charge is 2.21. The summed E-state index contributed by atoms with van der Waals surface area (Å²) in [5, 5.41) is 13.5. The second-order valence-electron chi connectivity index (χ2n) is 6.32. The number of hydrogen-bond acceptors (Lipinski definition) is 4. The lowest BCUT2D eigenvalue weighted by Crippen LogP contribution is -2.42. The van der Waals surface area contributed by atoms with Crippen molar-refractivity contribution in [1.29, 1.82) is 0 Å². The summed E-state index contributed by atoms with van der Waals surface area (Å²) in [6.45, 7) is 4.63. The number of rotatable bonds is 7. The van der Waals surface area contributed by atoms with Crippen molar-refractivity contribution in [1.82, 2.24) is 5.32 Å². The molecular weight excluding hydrogens is 278 g/mol. The van der Waals surface area contributed by atoms with Crippen LogP contribution in [0.4, 0.5) is 0 Å². The first-order chi connectivity index (χ1) is 10.6. The number of carbonyl (C=O) groups is 1. The third-order valence-electron chi connectivity index (χ3n) is 4.43. The Morgan fingerprint density at radius 2 is 2.00 bits per heavy atom. The molecule has 22 heavy (non-hydrogen) atoms. The first kappa shape index (κ1) is 17.0. The fourth-order valence-electron chi connectivity index (χ4n) is 2.94. The molecule has 1 aliphatic rings. The third-order valence-corrected chi connectivity index (χ3v) is 4.43. The zero-order valence-corrected chi connectivity index (χ0v) is 13.5. The Labute approximate surface area is 132 Å². The van der Waals surface area contributed by atoms with Gasteiger partial charge in [-0.1, -0.05) is 19.8 Å². The van der Waals surface area contributed by atoms with Gasteiger partial charge in [0, 0.05) is 18.2 Å². The smallest absolute Gasteiger partial charge is 0.159 e.